The Kier molecular flexibility index (Phi) is 2.69. The van der Waals surface area contributed by atoms with E-state index in [1.807, 2.05) is 6.07 Å². The maximum atomic E-state index is 5.57. The van der Waals surface area contributed by atoms with Crippen LogP contribution in [0.5, 0.6) is 0 Å². The third-order valence-electron chi connectivity index (χ3n) is 3.36. The molecule has 88 valence electrons. The van der Waals surface area contributed by atoms with Crippen LogP contribution < -0.4 is 10.6 Å². The van der Waals surface area contributed by atoms with Gasteiger partial charge in [0.25, 0.3) is 0 Å². The van der Waals surface area contributed by atoms with Gasteiger partial charge in [-0.25, -0.2) is 4.98 Å². The van der Waals surface area contributed by atoms with E-state index in [-0.39, 0.29) is 0 Å². The molecule has 3 heteroatoms. The van der Waals surface area contributed by atoms with Crippen LogP contribution in [-0.2, 0) is 6.42 Å². The van der Waals surface area contributed by atoms with E-state index in [2.05, 4.69) is 29.2 Å². The third-order valence-corrected chi connectivity index (χ3v) is 3.36. The first-order valence-corrected chi connectivity index (χ1v) is 6.22. The number of para-hydroxylation sites is 1. The van der Waals surface area contributed by atoms with Crippen LogP contribution in [0.2, 0.25) is 0 Å². The summed E-state index contributed by atoms with van der Waals surface area (Å²) in [7, 11) is 0. The molecule has 0 atom stereocenters. The van der Waals surface area contributed by atoms with Crippen molar-refractivity contribution in [2.24, 2.45) is 5.73 Å². The summed E-state index contributed by atoms with van der Waals surface area (Å²) in [5.41, 5.74) is 8.03. The first kappa shape index (κ1) is 10.5. The van der Waals surface area contributed by atoms with Crippen LogP contribution in [0.1, 0.15) is 12.0 Å². The Hall–Kier alpha value is -1.61. The Labute approximate surface area is 101 Å². The molecule has 0 saturated heterocycles. The van der Waals surface area contributed by atoms with Crippen molar-refractivity contribution in [3.63, 3.8) is 0 Å². The van der Waals surface area contributed by atoms with Crippen molar-refractivity contribution >= 4 is 16.7 Å². The van der Waals surface area contributed by atoms with Gasteiger partial charge in [-0.2, -0.15) is 0 Å². The lowest BCUT2D eigenvalue weighted by atomic mass is 10.1. The summed E-state index contributed by atoms with van der Waals surface area (Å²) < 4.78 is 0. The number of anilines is 1. The molecule has 2 N–H and O–H groups in total. The van der Waals surface area contributed by atoms with Gasteiger partial charge >= 0.3 is 0 Å². The molecule has 0 saturated carbocycles. The number of hydrogen-bond acceptors (Lipinski definition) is 3. The number of pyridine rings is 1. The van der Waals surface area contributed by atoms with Gasteiger partial charge < -0.3 is 10.6 Å². The summed E-state index contributed by atoms with van der Waals surface area (Å²) in [5, 5.41) is 1.24. The zero-order valence-corrected chi connectivity index (χ0v) is 9.89. The third kappa shape index (κ3) is 1.87. The Morgan fingerprint density at radius 3 is 3.06 bits per heavy atom. The summed E-state index contributed by atoms with van der Waals surface area (Å²) in [4.78, 5) is 7.13. The maximum Gasteiger partial charge on any atom is 0.132 e. The Morgan fingerprint density at radius 2 is 2.18 bits per heavy atom. The predicted octanol–water partition coefficient (Wildman–Crippen LogP) is 1.95. The van der Waals surface area contributed by atoms with Gasteiger partial charge in [0.2, 0.25) is 0 Å². The molecule has 17 heavy (non-hydrogen) atoms. The van der Waals surface area contributed by atoms with E-state index < -0.39 is 0 Å². The van der Waals surface area contributed by atoms with Crippen molar-refractivity contribution in [1.82, 2.24) is 4.98 Å². The smallest absolute Gasteiger partial charge is 0.132 e. The maximum absolute atomic E-state index is 5.57. The van der Waals surface area contributed by atoms with Crippen LogP contribution in [-0.4, -0.2) is 24.6 Å². The molecular formula is C14H17N3. The number of benzene rings is 1. The second-order valence-corrected chi connectivity index (χ2v) is 4.54. The van der Waals surface area contributed by atoms with Crippen LogP contribution >= 0.6 is 0 Å². The van der Waals surface area contributed by atoms with Gasteiger partial charge in [-0.1, -0.05) is 18.2 Å². The topological polar surface area (TPSA) is 42.1 Å². The van der Waals surface area contributed by atoms with Crippen LogP contribution in [0.4, 0.5) is 5.82 Å². The predicted molar refractivity (Wildman–Crippen MR) is 71.3 cm³/mol. The Balaban J connectivity index is 2.00. The fraction of sp³-hybridized carbons (Fsp3) is 0.357. The van der Waals surface area contributed by atoms with Gasteiger partial charge in [-0.05, 0) is 37.1 Å². The second-order valence-electron chi connectivity index (χ2n) is 4.54. The van der Waals surface area contributed by atoms with Gasteiger partial charge in [-0.15, -0.1) is 0 Å². The molecule has 2 aromatic rings. The van der Waals surface area contributed by atoms with E-state index in [4.69, 9.17) is 10.7 Å². The zero-order valence-electron chi connectivity index (χ0n) is 9.89. The minimum absolute atomic E-state index is 0.749. The number of aromatic nitrogens is 1. The van der Waals surface area contributed by atoms with E-state index in [1.54, 1.807) is 0 Å². The normalized spacial score (nSPS) is 14.3. The minimum Gasteiger partial charge on any atom is -0.356 e. The molecule has 0 unspecified atom stereocenters. The van der Waals surface area contributed by atoms with Crippen LogP contribution in [0.3, 0.4) is 0 Å². The highest BCUT2D eigenvalue weighted by molar-refractivity contribution is 5.82. The van der Waals surface area contributed by atoms with Crippen LogP contribution in [0.25, 0.3) is 10.9 Å². The quantitative estimate of drug-likeness (QED) is 0.871. The SMILES string of the molecule is NCCCN1CCc2cc3ccccc3nc21. The minimum atomic E-state index is 0.749. The highest BCUT2D eigenvalue weighted by atomic mass is 15.2. The van der Waals surface area contributed by atoms with Crippen molar-refractivity contribution in [2.45, 2.75) is 12.8 Å². The fourth-order valence-electron chi connectivity index (χ4n) is 2.47. The summed E-state index contributed by atoms with van der Waals surface area (Å²) in [5.74, 6) is 1.16. The summed E-state index contributed by atoms with van der Waals surface area (Å²) >= 11 is 0. The van der Waals surface area contributed by atoms with E-state index in [9.17, 15) is 0 Å². The van der Waals surface area contributed by atoms with Crippen molar-refractivity contribution in [3.8, 4) is 0 Å². The second kappa shape index (κ2) is 4.34. The molecule has 0 amide bonds. The molecule has 1 aliphatic rings. The molecule has 1 aliphatic heterocycles. The van der Waals surface area contributed by atoms with E-state index in [1.165, 1.54) is 10.9 Å². The Morgan fingerprint density at radius 1 is 1.29 bits per heavy atom. The van der Waals surface area contributed by atoms with Crippen LogP contribution in [0, 0.1) is 0 Å². The molecule has 0 spiro atoms. The van der Waals surface area contributed by atoms with Crippen molar-refractivity contribution in [3.05, 3.63) is 35.9 Å². The average molecular weight is 227 g/mol. The van der Waals surface area contributed by atoms with Crippen LogP contribution in [0.15, 0.2) is 30.3 Å². The zero-order chi connectivity index (χ0) is 11.7. The van der Waals surface area contributed by atoms with E-state index in [0.29, 0.717) is 0 Å². The van der Waals surface area contributed by atoms with E-state index >= 15 is 0 Å². The van der Waals surface area contributed by atoms with Gasteiger partial charge in [-0.3, -0.25) is 0 Å². The molecule has 0 aliphatic carbocycles. The number of rotatable bonds is 3. The van der Waals surface area contributed by atoms with E-state index in [0.717, 1.165) is 43.8 Å². The fourth-order valence-corrected chi connectivity index (χ4v) is 2.47. The molecular weight excluding hydrogens is 210 g/mol. The Bertz CT molecular complexity index is 536. The molecule has 1 aromatic carbocycles. The standard InChI is InChI=1S/C14H17N3/c15-7-3-8-17-9-6-12-10-11-4-1-2-5-13(11)16-14(12)17/h1-2,4-5,10H,3,6-9,15H2. The molecule has 0 bridgehead atoms. The van der Waals surface area contributed by atoms with Gasteiger partial charge in [0, 0.05) is 18.5 Å². The first-order chi connectivity index (χ1) is 8.38. The average Bonchev–Trinajstić information content (AvgIpc) is 2.76. The molecule has 3 rings (SSSR count). The summed E-state index contributed by atoms with van der Waals surface area (Å²) in [6.07, 6.45) is 2.14. The molecule has 0 radical (unpaired) electrons. The number of fused-ring (bicyclic) bond motifs is 2. The van der Waals surface area contributed by atoms with Crippen molar-refractivity contribution in [2.75, 3.05) is 24.5 Å². The van der Waals surface area contributed by atoms with Crippen molar-refractivity contribution < 1.29 is 0 Å². The monoisotopic (exact) mass is 227 g/mol. The highest BCUT2D eigenvalue weighted by Gasteiger charge is 2.20. The molecule has 3 nitrogen and oxygen atoms in total. The lowest BCUT2D eigenvalue weighted by Crippen LogP contribution is -2.24. The number of nitrogens with zero attached hydrogens (tertiary/aromatic N) is 2. The van der Waals surface area contributed by atoms with Crippen molar-refractivity contribution in [1.29, 1.82) is 0 Å². The molecule has 0 fully saturated rings. The lowest BCUT2D eigenvalue weighted by Gasteiger charge is -2.17. The summed E-state index contributed by atoms with van der Waals surface area (Å²) in [6, 6.07) is 10.6. The van der Waals surface area contributed by atoms with Gasteiger partial charge in [0.05, 0.1) is 5.52 Å². The highest BCUT2D eigenvalue weighted by Crippen LogP contribution is 2.29. The van der Waals surface area contributed by atoms with Gasteiger partial charge in [0.15, 0.2) is 0 Å². The number of nitrogens with two attached hydrogens (primary N) is 1. The largest absolute Gasteiger partial charge is 0.356 e. The number of hydrogen-bond donors (Lipinski definition) is 1. The molecule has 1 aromatic heterocycles. The van der Waals surface area contributed by atoms with Gasteiger partial charge in [0.1, 0.15) is 5.82 Å². The summed E-state index contributed by atoms with van der Waals surface area (Å²) in [6.45, 7) is 2.85. The molecule has 2 heterocycles. The first-order valence-electron chi connectivity index (χ1n) is 6.22. The lowest BCUT2D eigenvalue weighted by molar-refractivity contribution is 0.753.